The van der Waals surface area contributed by atoms with Crippen LogP contribution in [0.5, 0.6) is 17.2 Å². The topological polar surface area (TPSA) is 44.8 Å². The summed E-state index contributed by atoms with van der Waals surface area (Å²) in [5, 5.41) is 0. The minimum Gasteiger partial charge on any atom is -0.496 e. The van der Waals surface area contributed by atoms with Gasteiger partial charge in [-0.2, -0.15) is 8.78 Å². The summed E-state index contributed by atoms with van der Waals surface area (Å²) in [6, 6.07) is 20.5. The van der Waals surface area contributed by atoms with Gasteiger partial charge in [-0.15, -0.1) is 0 Å². The summed E-state index contributed by atoms with van der Waals surface area (Å²) in [4.78, 5) is 12.3. The molecule has 3 aromatic carbocycles. The van der Waals surface area contributed by atoms with E-state index >= 15 is 0 Å². The van der Waals surface area contributed by atoms with E-state index in [4.69, 9.17) is 9.47 Å². The lowest BCUT2D eigenvalue weighted by Gasteiger charge is -2.11. The highest BCUT2D eigenvalue weighted by Gasteiger charge is 2.08. The van der Waals surface area contributed by atoms with Gasteiger partial charge in [-0.05, 0) is 60.2 Å². The van der Waals surface area contributed by atoms with Gasteiger partial charge in [0.2, 0.25) is 0 Å². The fourth-order valence-corrected chi connectivity index (χ4v) is 2.76. The molecule has 3 aromatic rings. The van der Waals surface area contributed by atoms with Gasteiger partial charge in [0.1, 0.15) is 23.9 Å². The van der Waals surface area contributed by atoms with E-state index in [-0.39, 0.29) is 11.5 Å². The number of ketones is 1. The number of rotatable bonds is 9. The molecule has 0 spiro atoms. The van der Waals surface area contributed by atoms with Gasteiger partial charge in [-0.1, -0.05) is 30.3 Å². The van der Waals surface area contributed by atoms with E-state index < -0.39 is 6.61 Å². The molecule has 30 heavy (non-hydrogen) atoms. The molecule has 0 N–H and O–H groups in total. The number of allylic oxidation sites excluding steroid dienone is 1. The van der Waals surface area contributed by atoms with E-state index in [1.54, 1.807) is 13.2 Å². The van der Waals surface area contributed by atoms with Crippen LogP contribution >= 0.6 is 0 Å². The molecule has 0 fully saturated rings. The number of hydrogen-bond donors (Lipinski definition) is 0. The minimum absolute atomic E-state index is 0.00346. The van der Waals surface area contributed by atoms with Gasteiger partial charge in [0, 0.05) is 11.1 Å². The lowest BCUT2D eigenvalue weighted by atomic mass is 10.1. The second kappa shape index (κ2) is 10.2. The van der Waals surface area contributed by atoms with Gasteiger partial charge < -0.3 is 14.2 Å². The number of halogens is 2. The number of benzene rings is 3. The molecule has 0 aliphatic heterocycles. The molecule has 0 saturated heterocycles. The summed E-state index contributed by atoms with van der Waals surface area (Å²) in [6.45, 7) is -2.59. The summed E-state index contributed by atoms with van der Waals surface area (Å²) < 4.78 is 39.9. The van der Waals surface area contributed by atoms with Crippen molar-refractivity contribution in [3.63, 3.8) is 0 Å². The Hall–Kier alpha value is -3.67. The molecule has 0 aliphatic carbocycles. The van der Waals surface area contributed by atoms with E-state index in [1.165, 1.54) is 30.3 Å². The van der Waals surface area contributed by atoms with Crippen LogP contribution in [0, 0.1) is 0 Å². The van der Waals surface area contributed by atoms with Gasteiger partial charge in [-0.25, -0.2) is 0 Å². The first-order chi connectivity index (χ1) is 14.5. The average Bonchev–Trinajstić information content (AvgIpc) is 2.77. The molecule has 0 aromatic heterocycles. The molecule has 154 valence electrons. The monoisotopic (exact) mass is 410 g/mol. The predicted molar refractivity (Wildman–Crippen MR) is 110 cm³/mol. The number of ether oxygens (including phenoxy) is 3. The van der Waals surface area contributed by atoms with Crippen molar-refractivity contribution in [3.8, 4) is 17.2 Å². The van der Waals surface area contributed by atoms with Crippen molar-refractivity contribution >= 4 is 11.9 Å². The summed E-state index contributed by atoms with van der Waals surface area (Å²) >= 11 is 0. The smallest absolute Gasteiger partial charge is 0.387 e. The zero-order valence-corrected chi connectivity index (χ0v) is 16.3. The van der Waals surface area contributed by atoms with Crippen molar-refractivity contribution in [2.45, 2.75) is 13.2 Å². The molecule has 4 nitrogen and oxygen atoms in total. The molecule has 0 amide bonds. The first kappa shape index (κ1) is 21.0. The highest BCUT2D eigenvalue weighted by molar-refractivity contribution is 6.06. The van der Waals surface area contributed by atoms with Gasteiger partial charge in [0.05, 0.1) is 7.11 Å². The molecule has 0 radical (unpaired) electrons. The Morgan fingerprint density at radius 2 is 1.70 bits per heavy atom. The second-order valence-corrected chi connectivity index (χ2v) is 6.27. The third-order valence-electron chi connectivity index (χ3n) is 4.23. The third-order valence-corrected chi connectivity index (χ3v) is 4.23. The van der Waals surface area contributed by atoms with Crippen LogP contribution in [0.2, 0.25) is 0 Å². The van der Waals surface area contributed by atoms with Crippen LogP contribution in [0.25, 0.3) is 6.08 Å². The molecule has 3 rings (SSSR count). The Morgan fingerprint density at radius 3 is 2.37 bits per heavy atom. The Bertz CT molecular complexity index is 999. The molecule has 0 bridgehead atoms. The number of hydrogen-bond acceptors (Lipinski definition) is 4. The minimum atomic E-state index is -2.90. The molecule has 0 unspecified atom stereocenters. The van der Waals surface area contributed by atoms with Crippen LogP contribution in [-0.2, 0) is 6.61 Å². The molecule has 0 aliphatic rings. The summed E-state index contributed by atoms with van der Waals surface area (Å²) in [5.41, 5.74) is 2.01. The Morgan fingerprint density at radius 1 is 0.967 bits per heavy atom. The molecule has 6 heteroatoms. The average molecular weight is 410 g/mol. The van der Waals surface area contributed by atoms with Crippen molar-refractivity contribution < 1.29 is 27.8 Å². The molecule has 0 atom stereocenters. The third kappa shape index (κ3) is 5.91. The number of carbonyl (C=O) groups is 1. The second-order valence-electron chi connectivity index (χ2n) is 6.27. The number of carbonyl (C=O) groups excluding carboxylic acids is 1. The maximum atomic E-state index is 12.3. The predicted octanol–water partition coefficient (Wildman–Crippen LogP) is 5.77. The standard InChI is InChI=1S/C24H20F2O4/c1-28-23-14-8-17(15-19(23)16-29-20-5-3-2-4-6-20)7-13-22(27)18-9-11-21(12-10-18)30-24(25)26/h2-15,24H,16H2,1H3/b13-7+. The first-order valence-electron chi connectivity index (χ1n) is 9.17. The lowest BCUT2D eigenvalue weighted by Crippen LogP contribution is -2.02. The maximum absolute atomic E-state index is 12.3. The fourth-order valence-electron chi connectivity index (χ4n) is 2.76. The molecule has 0 saturated carbocycles. The van der Waals surface area contributed by atoms with Crippen LogP contribution < -0.4 is 14.2 Å². The van der Waals surface area contributed by atoms with Crippen LogP contribution in [0.3, 0.4) is 0 Å². The Balaban J connectivity index is 1.69. The maximum Gasteiger partial charge on any atom is 0.387 e. The van der Waals surface area contributed by atoms with Crippen molar-refractivity contribution in [1.29, 1.82) is 0 Å². The summed E-state index contributed by atoms with van der Waals surface area (Å²) in [7, 11) is 1.59. The van der Waals surface area contributed by atoms with E-state index in [0.29, 0.717) is 17.9 Å². The zero-order chi connectivity index (χ0) is 21.3. The largest absolute Gasteiger partial charge is 0.496 e. The van der Waals surface area contributed by atoms with Crippen LogP contribution in [-0.4, -0.2) is 19.5 Å². The van der Waals surface area contributed by atoms with E-state index in [0.717, 1.165) is 16.9 Å². The van der Waals surface area contributed by atoms with E-state index in [1.807, 2.05) is 48.5 Å². The van der Waals surface area contributed by atoms with Crippen LogP contribution in [0.1, 0.15) is 21.5 Å². The highest BCUT2D eigenvalue weighted by Crippen LogP contribution is 2.23. The van der Waals surface area contributed by atoms with E-state index in [9.17, 15) is 13.6 Å². The van der Waals surface area contributed by atoms with Crippen molar-refractivity contribution in [2.24, 2.45) is 0 Å². The summed E-state index contributed by atoms with van der Waals surface area (Å²) in [5.74, 6) is 1.18. The normalized spacial score (nSPS) is 10.9. The quantitative estimate of drug-likeness (QED) is 0.332. The number of alkyl halides is 2. The van der Waals surface area contributed by atoms with Crippen LogP contribution in [0.4, 0.5) is 8.78 Å². The first-order valence-corrected chi connectivity index (χ1v) is 9.17. The zero-order valence-electron chi connectivity index (χ0n) is 16.3. The molecular weight excluding hydrogens is 390 g/mol. The van der Waals surface area contributed by atoms with E-state index in [2.05, 4.69) is 4.74 Å². The lowest BCUT2D eigenvalue weighted by molar-refractivity contribution is -0.0498. The Labute approximate surface area is 173 Å². The van der Waals surface area contributed by atoms with Gasteiger partial charge in [0.15, 0.2) is 5.78 Å². The summed E-state index contributed by atoms with van der Waals surface area (Å²) in [6.07, 6.45) is 3.10. The van der Waals surface area contributed by atoms with Gasteiger partial charge >= 0.3 is 6.61 Å². The highest BCUT2D eigenvalue weighted by atomic mass is 19.3. The van der Waals surface area contributed by atoms with Gasteiger partial charge in [0.25, 0.3) is 0 Å². The molecular formula is C24H20F2O4. The van der Waals surface area contributed by atoms with Crippen LogP contribution in [0.15, 0.2) is 78.9 Å². The fraction of sp³-hybridized carbons (Fsp3) is 0.125. The number of para-hydroxylation sites is 1. The molecule has 0 heterocycles. The van der Waals surface area contributed by atoms with Crippen molar-refractivity contribution in [1.82, 2.24) is 0 Å². The van der Waals surface area contributed by atoms with Gasteiger partial charge in [-0.3, -0.25) is 4.79 Å². The SMILES string of the molecule is COc1ccc(/C=C/C(=O)c2ccc(OC(F)F)cc2)cc1COc1ccccc1. The number of methoxy groups -OCH3 is 1. The van der Waals surface area contributed by atoms with Crippen molar-refractivity contribution in [2.75, 3.05) is 7.11 Å². The van der Waals surface area contributed by atoms with Crippen molar-refractivity contribution in [3.05, 3.63) is 95.6 Å². The Kier molecular flexibility index (Phi) is 7.16.